The van der Waals surface area contributed by atoms with Crippen molar-refractivity contribution in [3.63, 3.8) is 0 Å². The topological polar surface area (TPSA) is 84.2 Å². The number of benzene rings is 3. The average molecular weight is 415 g/mol. The molecule has 6 nitrogen and oxygen atoms in total. The molecule has 154 valence electrons. The van der Waals surface area contributed by atoms with E-state index < -0.39 is 5.82 Å². The van der Waals surface area contributed by atoms with Gasteiger partial charge in [0, 0.05) is 29.9 Å². The Morgan fingerprint density at radius 2 is 1.81 bits per heavy atom. The monoisotopic (exact) mass is 415 g/mol. The standard InChI is InChI=1S/C24H18FN3O3/c25-18-10-8-17(9-11-18)24(30)27-19-5-3-4-16(14-19)15-26-22(29)12-13-23-28-20-6-1-2-7-21(20)31-23/h1-14H,15H2,(H,26,29)(H,27,30)/b13-12+. The van der Waals surface area contributed by atoms with Gasteiger partial charge in [0.2, 0.25) is 11.8 Å². The molecule has 4 rings (SSSR count). The molecule has 0 aliphatic carbocycles. The fourth-order valence-corrected chi connectivity index (χ4v) is 2.92. The zero-order valence-electron chi connectivity index (χ0n) is 16.3. The van der Waals surface area contributed by atoms with E-state index in [9.17, 15) is 14.0 Å². The van der Waals surface area contributed by atoms with Crippen LogP contribution < -0.4 is 10.6 Å². The minimum Gasteiger partial charge on any atom is -0.437 e. The van der Waals surface area contributed by atoms with Crippen molar-refractivity contribution < 1.29 is 18.4 Å². The summed E-state index contributed by atoms with van der Waals surface area (Å²) in [5, 5.41) is 5.53. The maximum atomic E-state index is 13.0. The zero-order valence-corrected chi connectivity index (χ0v) is 16.3. The number of nitrogens with one attached hydrogen (secondary N) is 2. The largest absolute Gasteiger partial charge is 0.437 e. The Hall–Kier alpha value is -4.26. The van der Waals surface area contributed by atoms with Crippen LogP contribution in [0.5, 0.6) is 0 Å². The van der Waals surface area contributed by atoms with Crippen molar-refractivity contribution in [3.05, 3.63) is 102 Å². The lowest BCUT2D eigenvalue weighted by Gasteiger charge is -2.08. The third-order valence-corrected chi connectivity index (χ3v) is 4.45. The number of para-hydroxylation sites is 2. The third kappa shape index (κ3) is 5.22. The first-order valence-corrected chi connectivity index (χ1v) is 9.54. The number of rotatable bonds is 6. The van der Waals surface area contributed by atoms with Crippen LogP contribution in [0, 0.1) is 5.82 Å². The molecule has 0 atom stereocenters. The Labute approximate surface area is 177 Å². The van der Waals surface area contributed by atoms with Crippen LogP contribution in [0.3, 0.4) is 0 Å². The van der Waals surface area contributed by atoms with Crippen LogP contribution in [0.1, 0.15) is 21.8 Å². The molecule has 0 saturated carbocycles. The molecule has 1 aromatic heterocycles. The Kier molecular flexibility index (Phi) is 5.84. The average Bonchev–Trinajstić information content (AvgIpc) is 3.20. The number of fused-ring (bicyclic) bond motifs is 1. The van der Waals surface area contributed by atoms with Gasteiger partial charge in [-0.1, -0.05) is 24.3 Å². The quantitative estimate of drug-likeness (QED) is 0.453. The second-order valence-electron chi connectivity index (χ2n) is 6.73. The molecule has 0 radical (unpaired) electrons. The summed E-state index contributed by atoms with van der Waals surface area (Å²) in [6.45, 7) is 0.275. The molecule has 3 aromatic carbocycles. The first kappa shape index (κ1) is 20.0. The van der Waals surface area contributed by atoms with Crippen molar-refractivity contribution in [2.75, 3.05) is 5.32 Å². The first-order valence-electron chi connectivity index (χ1n) is 9.54. The van der Waals surface area contributed by atoms with Gasteiger partial charge in [0.05, 0.1) is 0 Å². The SMILES string of the molecule is O=C(/C=C/c1nc2ccccc2o1)NCc1cccc(NC(=O)c2ccc(F)cc2)c1. The molecule has 2 N–H and O–H groups in total. The van der Waals surface area contributed by atoms with Crippen LogP contribution in [0.2, 0.25) is 0 Å². The number of oxazole rings is 1. The van der Waals surface area contributed by atoms with E-state index in [-0.39, 0.29) is 18.4 Å². The summed E-state index contributed by atoms with van der Waals surface area (Å²) in [6.07, 6.45) is 2.86. The van der Waals surface area contributed by atoms with Gasteiger partial charge < -0.3 is 15.1 Å². The van der Waals surface area contributed by atoms with Crippen LogP contribution in [-0.4, -0.2) is 16.8 Å². The van der Waals surface area contributed by atoms with E-state index in [1.165, 1.54) is 36.4 Å². The molecule has 0 aliphatic heterocycles. The minimum atomic E-state index is -0.403. The third-order valence-electron chi connectivity index (χ3n) is 4.45. The number of nitrogens with zero attached hydrogens (tertiary/aromatic N) is 1. The van der Waals surface area contributed by atoms with Gasteiger partial charge in [-0.15, -0.1) is 0 Å². The highest BCUT2D eigenvalue weighted by Crippen LogP contribution is 2.16. The predicted octanol–water partition coefficient (Wildman–Crippen LogP) is 4.55. The number of anilines is 1. The molecule has 4 aromatic rings. The van der Waals surface area contributed by atoms with E-state index in [4.69, 9.17) is 4.42 Å². The summed E-state index contributed by atoms with van der Waals surface area (Å²) < 4.78 is 18.5. The smallest absolute Gasteiger partial charge is 0.255 e. The Morgan fingerprint density at radius 3 is 2.61 bits per heavy atom. The van der Waals surface area contributed by atoms with E-state index >= 15 is 0 Å². The number of amides is 2. The number of hydrogen-bond donors (Lipinski definition) is 2. The lowest BCUT2D eigenvalue weighted by Crippen LogP contribution is -2.20. The normalized spacial score (nSPS) is 11.0. The summed E-state index contributed by atoms with van der Waals surface area (Å²) in [4.78, 5) is 28.6. The Balaban J connectivity index is 1.33. The van der Waals surface area contributed by atoms with Crippen LogP contribution in [0.15, 0.2) is 83.3 Å². The van der Waals surface area contributed by atoms with Gasteiger partial charge >= 0.3 is 0 Å². The summed E-state index contributed by atoms with van der Waals surface area (Å²) in [6, 6.07) is 19.7. The summed E-state index contributed by atoms with van der Waals surface area (Å²) in [7, 11) is 0. The molecule has 7 heteroatoms. The predicted molar refractivity (Wildman–Crippen MR) is 116 cm³/mol. The van der Waals surface area contributed by atoms with Gasteiger partial charge in [0.1, 0.15) is 11.3 Å². The van der Waals surface area contributed by atoms with Gasteiger partial charge in [-0.05, 0) is 54.1 Å². The van der Waals surface area contributed by atoms with Crippen molar-refractivity contribution >= 4 is 34.7 Å². The highest BCUT2D eigenvalue weighted by molar-refractivity contribution is 6.04. The molecule has 0 unspecified atom stereocenters. The maximum absolute atomic E-state index is 13.0. The van der Waals surface area contributed by atoms with Crippen molar-refractivity contribution in [3.8, 4) is 0 Å². The number of carbonyl (C=O) groups excluding carboxylic acids is 2. The number of hydrogen-bond acceptors (Lipinski definition) is 4. The van der Waals surface area contributed by atoms with Crippen LogP contribution in [0.25, 0.3) is 17.2 Å². The lowest BCUT2D eigenvalue weighted by atomic mass is 10.1. The van der Waals surface area contributed by atoms with Crippen molar-refractivity contribution in [2.24, 2.45) is 0 Å². The second kappa shape index (κ2) is 9.04. The van der Waals surface area contributed by atoms with E-state index in [0.717, 1.165) is 11.1 Å². The van der Waals surface area contributed by atoms with E-state index in [0.29, 0.717) is 22.7 Å². The van der Waals surface area contributed by atoms with Crippen molar-refractivity contribution in [1.82, 2.24) is 10.3 Å². The number of aromatic nitrogens is 1. The fourth-order valence-electron chi connectivity index (χ4n) is 2.92. The maximum Gasteiger partial charge on any atom is 0.255 e. The number of halogens is 1. The van der Waals surface area contributed by atoms with Crippen molar-refractivity contribution in [1.29, 1.82) is 0 Å². The van der Waals surface area contributed by atoms with E-state index in [1.807, 2.05) is 30.3 Å². The molecular weight excluding hydrogens is 397 g/mol. The molecule has 2 amide bonds. The lowest BCUT2D eigenvalue weighted by molar-refractivity contribution is -0.116. The van der Waals surface area contributed by atoms with Gasteiger partial charge in [0.15, 0.2) is 5.58 Å². The van der Waals surface area contributed by atoms with Crippen LogP contribution >= 0.6 is 0 Å². The zero-order chi connectivity index (χ0) is 21.6. The van der Waals surface area contributed by atoms with Crippen molar-refractivity contribution in [2.45, 2.75) is 6.54 Å². The molecule has 0 fully saturated rings. The van der Waals surface area contributed by atoms with Gasteiger partial charge in [-0.2, -0.15) is 0 Å². The Morgan fingerprint density at radius 1 is 1.00 bits per heavy atom. The van der Waals surface area contributed by atoms with E-state index in [1.54, 1.807) is 18.2 Å². The minimum absolute atomic E-state index is 0.275. The molecule has 0 spiro atoms. The number of carbonyl (C=O) groups is 2. The summed E-state index contributed by atoms with van der Waals surface area (Å²) in [5.74, 6) is -0.702. The first-order chi connectivity index (χ1) is 15.1. The van der Waals surface area contributed by atoms with Gasteiger partial charge in [-0.25, -0.2) is 9.37 Å². The molecule has 0 bridgehead atoms. The van der Waals surface area contributed by atoms with Gasteiger partial charge in [-0.3, -0.25) is 9.59 Å². The van der Waals surface area contributed by atoms with Crippen LogP contribution in [0.4, 0.5) is 10.1 Å². The second-order valence-corrected chi connectivity index (χ2v) is 6.73. The molecule has 0 saturated heterocycles. The van der Waals surface area contributed by atoms with Crippen LogP contribution in [-0.2, 0) is 11.3 Å². The highest BCUT2D eigenvalue weighted by atomic mass is 19.1. The summed E-state index contributed by atoms with van der Waals surface area (Å²) >= 11 is 0. The highest BCUT2D eigenvalue weighted by Gasteiger charge is 2.07. The van der Waals surface area contributed by atoms with Gasteiger partial charge in [0.25, 0.3) is 5.91 Å². The van der Waals surface area contributed by atoms with E-state index in [2.05, 4.69) is 15.6 Å². The Bertz CT molecular complexity index is 1230. The fraction of sp³-hybridized carbons (Fsp3) is 0.0417. The molecular formula is C24H18FN3O3. The molecule has 0 aliphatic rings. The molecule has 31 heavy (non-hydrogen) atoms. The summed E-state index contributed by atoms with van der Waals surface area (Å²) in [5.41, 5.74) is 3.11. The molecule has 1 heterocycles.